The van der Waals surface area contributed by atoms with E-state index in [1.807, 2.05) is 0 Å². The average molecular weight is 276 g/mol. The third-order valence-electron chi connectivity index (χ3n) is 2.89. The van der Waals surface area contributed by atoms with Crippen molar-refractivity contribution in [3.8, 4) is 16.9 Å². The Balaban J connectivity index is 2.34. The van der Waals surface area contributed by atoms with E-state index in [2.05, 4.69) is 10.2 Å². The summed E-state index contributed by atoms with van der Waals surface area (Å²) in [5, 5.41) is 6.44. The van der Waals surface area contributed by atoms with Gasteiger partial charge in [-0.25, -0.2) is 4.39 Å². The van der Waals surface area contributed by atoms with Gasteiger partial charge < -0.3 is 4.74 Å². The number of rotatable bonds is 2. The van der Waals surface area contributed by atoms with Crippen molar-refractivity contribution in [3.63, 3.8) is 0 Å². The molecule has 0 amide bonds. The molecule has 0 fully saturated rings. The number of halogens is 1. The Morgan fingerprint density at radius 1 is 1.35 bits per heavy atom. The number of carbonyl (C=O) groups excluding carboxylic acids is 1. The Morgan fingerprint density at radius 3 is 2.60 bits per heavy atom. The van der Waals surface area contributed by atoms with Gasteiger partial charge in [0.05, 0.1) is 11.6 Å². The summed E-state index contributed by atoms with van der Waals surface area (Å²) in [5.74, 6) is -0.598. The number of aryl methyl sites for hydroxylation is 1. The molecule has 1 heterocycles. The monoisotopic (exact) mass is 276 g/mol. The van der Waals surface area contributed by atoms with Crippen LogP contribution in [-0.4, -0.2) is 16.2 Å². The van der Waals surface area contributed by atoms with E-state index in [1.165, 1.54) is 6.07 Å². The van der Waals surface area contributed by atoms with Crippen molar-refractivity contribution < 1.29 is 13.9 Å². The smallest absolute Gasteiger partial charge is 0.316 e. The van der Waals surface area contributed by atoms with E-state index in [0.29, 0.717) is 16.7 Å². The number of esters is 1. The molecule has 1 aromatic carbocycles. The minimum Gasteiger partial charge on any atom is -0.426 e. The van der Waals surface area contributed by atoms with Crippen molar-refractivity contribution in [2.45, 2.75) is 27.7 Å². The molecule has 1 N–H and O–H groups in total. The van der Waals surface area contributed by atoms with Crippen LogP contribution in [0.1, 0.15) is 26.3 Å². The summed E-state index contributed by atoms with van der Waals surface area (Å²) < 4.78 is 19.4. The first-order valence-electron chi connectivity index (χ1n) is 6.30. The molecule has 0 atom stereocenters. The zero-order valence-electron chi connectivity index (χ0n) is 12.0. The van der Waals surface area contributed by atoms with Crippen LogP contribution < -0.4 is 4.74 Å². The van der Waals surface area contributed by atoms with Crippen LogP contribution in [0.2, 0.25) is 0 Å². The number of hydrogen-bond acceptors (Lipinski definition) is 3. The summed E-state index contributed by atoms with van der Waals surface area (Å²) in [4.78, 5) is 11.9. The number of aromatic amines is 1. The van der Waals surface area contributed by atoms with E-state index >= 15 is 0 Å². The second kappa shape index (κ2) is 5.07. The van der Waals surface area contributed by atoms with E-state index in [1.54, 1.807) is 46.2 Å². The highest BCUT2D eigenvalue weighted by molar-refractivity contribution is 5.78. The molecule has 1 aromatic heterocycles. The van der Waals surface area contributed by atoms with Gasteiger partial charge in [0.2, 0.25) is 0 Å². The number of nitrogens with zero attached hydrogens (tertiary/aromatic N) is 1. The summed E-state index contributed by atoms with van der Waals surface area (Å²) in [6, 6.07) is 2.88. The zero-order chi connectivity index (χ0) is 14.9. The van der Waals surface area contributed by atoms with Crippen molar-refractivity contribution >= 4 is 5.97 Å². The van der Waals surface area contributed by atoms with Gasteiger partial charge in [0.15, 0.2) is 0 Å². The van der Waals surface area contributed by atoms with Crippen molar-refractivity contribution in [2.24, 2.45) is 5.41 Å². The fourth-order valence-electron chi connectivity index (χ4n) is 1.65. The van der Waals surface area contributed by atoms with E-state index in [9.17, 15) is 9.18 Å². The molecule has 4 nitrogen and oxygen atoms in total. The van der Waals surface area contributed by atoms with E-state index < -0.39 is 17.2 Å². The minimum atomic E-state index is -0.633. The molecule has 2 rings (SSSR count). The maximum Gasteiger partial charge on any atom is 0.316 e. The van der Waals surface area contributed by atoms with Crippen LogP contribution in [0, 0.1) is 18.2 Å². The van der Waals surface area contributed by atoms with Gasteiger partial charge in [-0.2, -0.15) is 5.10 Å². The molecule has 0 radical (unpaired) electrons. The van der Waals surface area contributed by atoms with Gasteiger partial charge in [-0.3, -0.25) is 9.89 Å². The third-order valence-corrected chi connectivity index (χ3v) is 2.89. The fourth-order valence-corrected chi connectivity index (χ4v) is 1.65. The molecule has 0 aliphatic carbocycles. The van der Waals surface area contributed by atoms with Gasteiger partial charge in [-0.05, 0) is 39.3 Å². The largest absolute Gasteiger partial charge is 0.426 e. The van der Waals surface area contributed by atoms with Crippen molar-refractivity contribution in [1.29, 1.82) is 0 Å². The van der Waals surface area contributed by atoms with Crippen molar-refractivity contribution in [1.82, 2.24) is 10.2 Å². The first-order chi connectivity index (χ1) is 9.29. The summed E-state index contributed by atoms with van der Waals surface area (Å²) in [6.07, 6.45) is 3.15. The molecule has 0 unspecified atom stereocenters. The zero-order valence-corrected chi connectivity index (χ0v) is 12.0. The first kappa shape index (κ1) is 14.2. The highest BCUT2D eigenvalue weighted by Gasteiger charge is 2.24. The van der Waals surface area contributed by atoms with Crippen LogP contribution >= 0.6 is 0 Å². The lowest BCUT2D eigenvalue weighted by atomic mass is 9.97. The van der Waals surface area contributed by atoms with Crippen LogP contribution in [-0.2, 0) is 4.79 Å². The standard InChI is InChI=1S/C15H17FN2O2/c1-9-5-11(10-7-17-18-8-10)12(16)6-13(9)20-14(19)15(2,3)4/h5-8H,1-4H3,(H,17,18). The minimum absolute atomic E-state index is 0.245. The van der Waals surface area contributed by atoms with E-state index in [0.717, 1.165) is 0 Å². The number of nitrogens with one attached hydrogen (secondary N) is 1. The lowest BCUT2D eigenvalue weighted by Crippen LogP contribution is -2.25. The number of ether oxygens (including phenoxy) is 1. The first-order valence-corrected chi connectivity index (χ1v) is 6.30. The number of aromatic nitrogens is 2. The Bertz CT molecular complexity index is 628. The van der Waals surface area contributed by atoms with Gasteiger partial charge in [0.25, 0.3) is 0 Å². The number of hydrogen-bond donors (Lipinski definition) is 1. The Kier molecular flexibility index (Phi) is 3.61. The van der Waals surface area contributed by atoms with Gasteiger partial charge in [0, 0.05) is 23.4 Å². The second-order valence-electron chi connectivity index (χ2n) is 5.72. The molecular weight excluding hydrogens is 259 g/mol. The normalized spacial score (nSPS) is 11.4. The van der Waals surface area contributed by atoms with Gasteiger partial charge in [-0.15, -0.1) is 0 Å². The fraction of sp³-hybridized carbons (Fsp3) is 0.333. The van der Waals surface area contributed by atoms with Crippen LogP contribution in [0.15, 0.2) is 24.5 Å². The van der Waals surface area contributed by atoms with Crippen LogP contribution in [0.25, 0.3) is 11.1 Å². The van der Waals surface area contributed by atoms with Crippen LogP contribution in [0.3, 0.4) is 0 Å². The SMILES string of the molecule is Cc1cc(-c2cn[nH]c2)c(F)cc1OC(=O)C(C)(C)C. The van der Waals surface area contributed by atoms with Gasteiger partial charge >= 0.3 is 5.97 Å². The molecular formula is C15H17FN2O2. The summed E-state index contributed by atoms with van der Waals surface area (Å²) in [7, 11) is 0. The predicted molar refractivity (Wildman–Crippen MR) is 73.8 cm³/mol. The highest BCUT2D eigenvalue weighted by Crippen LogP contribution is 2.30. The van der Waals surface area contributed by atoms with E-state index in [-0.39, 0.29) is 5.75 Å². The van der Waals surface area contributed by atoms with Crippen molar-refractivity contribution in [3.05, 3.63) is 35.9 Å². The van der Waals surface area contributed by atoms with E-state index in [4.69, 9.17) is 4.74 Å². The molecule has 0 saturated heterocycles. The number of benzene rings is 1. The maximum absolute atomic E-state index is 14.1. The quantitative estimate of drug-likeness (QED) is 0.675. The van der Waals surface area contributed by atoms with Gasteiger partial charge in [0.1, 0.15) is 11.6 Å². The maximum atomic E-state index is 14.1. The van der Waals surface area contributed by atoms with Crippen molar-refractivity contribution in [2.75, 3.05) is 0 Å². The molecule has 0 aliphatic heterocycles. The molecule has 106 valence electrons. The average Bonchev–Trinajstić information content (AvgIpc) is 2.85. The molecule has 0 saturated carbocycles. The van der Waals surface area contributed by atoms with Gasteiger partial charge in [-0.1, -0.05) is 0 Å². The Hall–Kier alpha value is -2.17. The Labute approximate surface area is 117 Å². The highest BCUT2D eigenvalue weighted by atomic mass is 19.1. The molecule has 5 heteroatoms. The topological polar surface area (TPSA) is 55.0 Å². The number of carbonyl (C=O) groups is 1. The lowest BCUT2D eigenvalue weighted by molar-refractivity contribution is -0.143. The summed E-state index contributed by atoms with van der Waals surface area (Å²) in [5.41, 5.74) is 1.14. The predicted octanol–water partition coefficient (Wildman–Crippen LogP) is 3.48. The molecule has 0 aliphatic rings. The van der Waals surface area contributed by atoms with Crippen LogP contribution in [0.5, 0.6) is 5.75 Å². The number of H-pyrrole nitrogens is 1. The lowest BCUT2D eigenvalue weighted by Gasteiger charge is -2.17. The summed E-state index contributed by atoms with van der Waals surface area (Å²) in [6.45, 7) is 7.02. The third kappa shape index (κ3) is 2.87. The molecule has 2 aromatic rings. The van der Waals surface area contributed by atoms with Crippen LogP contribution in [0.4, 0.5) is 4.39 Å². The molecule has 0 bridgehead atoms. The Morgan fingerprint density at radius 2 is 2.05 bits per heavy atom. The molecule has 20 heavy (non-hydrogen) atoms. The molecule has 0 spiro atoms. The summed E-state index contributed by atoms with van der Waals surface area (Å²) >= 11 is 0. The second-order valence-corrected chi connectivity index (χ2v) is 5.72.